The molecule has 1 aromatic heterocycles. The molecule has 0 bridgehead atoms. The highest BCUT2D eigenvalue weighted by Gasteiger charge is 2.39. The average Bonchev–Trinajstić information content (AvgIpc) is 2.85. The molecule has 9 nitrogen and oxygen atoms in total. The standard InChI is InChI=1S/C25H27N5O4/c1-30(16-22(31)29-24-27-17-26-18-28-24)14-8-13-21(15-30)34-23(32)25(33,19-9-4-2-5-10-19)20-11-6-3-7-12-20/h2-7,9-12,17-18,21H,8,13-16H2,1H3,(H,26,27,28,29,31)/t21?,30-/m1/s1. The van der Waals surface area contributed by atoms with Gasteiger partial charge in [-0.2, -0.15) is 0 Å². The van der Waals surface area contributed by atoms with Crippen molar-refractivity contribution in [2.75, 3.05) is 32.0 Å². The molecule has 1 saturated heterocycles. The zero-order valence-corrected chi connectivity index (χ0v) is 19.0. The molecule has 0 spiro atoms. The molecule has 9 heteroatoms. The largest absolute Gasteiger partial charge is 0.834 e. The van der Waals surface area contributed by atoms with Gasteiger partial charge in [-0.1, -0.05) is 60.7 Å². The van der Waals surface area contributed by atoms with Crippen molar-refractivity contribution in [2.24, 2.45) is 0 Å². The molecular formula is C25H27N5O4. The van der Waals surface area contributed by atoms with Crippen LogP contribution < -0.4 is 10.4 Å². The van der Waals surface area contributed by atoms with Gasteiger partial charge in [0.05, 0.1) is 13.6 Å². The number of aromatic nitrogens is 3. The van der Waals surface area contributed by atoms with E-state index in [1.165, 1.54) is 12.7 Å². The van der Waals surface area contributed by atoms with E-state index in [9.17, 15) is 14.7 Å². The molecule has 176 valence electrons. The second-order valence-corrected chi connectivity index (χ2v) is 8.78. The van der Waals surface area contributed by atoms with Crippen LogP contribution in [0.1, 0.15) is 24.0 Å². The van der Waals surface area contributed by atoms with Gasteiger partial charge in [0, 0.05) is 12.0 Å². The Balaban J connectivity index is 1.47. The van der Waals surface area contributed by atoms with Crippen LogP contribution in [0.5, 0.6) is 0 Å². The second kappa shape index (κ2) is 10.1. The van der Waals surface area contributed by atoms with Gasteiger partial charge in [-0.15, -0.1) is 0 Å². The fourth-order valence-electron chi connectivity index (χ4n) is 4.41. The number of nitrogens with one attached hydrogen (secondary N) is 1. The van der Waals surface area contributed by atoms with Crippen molar-refractivity contribution < 1.29 is 23.9 Å². The summed E-state index contributed by atoms with van der Waals surface area (Å²) in [5.74, 6) is -0.890. The molecule has 1 unspecified atom stereocenters. The Morgan fingerprint density at radius 3 is 2.24 bits per heavy atom. The molecule has 0 radical (unpaired) electrons. The first kappa shape index (κ1) is 23.5. The maximum Gasteiger partial charge on any atom is 0.304 e. The minimum absolute atomic E-state index is 0.166. The van der Waals surface area contributed by atoms with E-state index in [4.69, 9.17) is 4.74 Å². The highest BCUT2D eigenvalue weighted by atomic mass is 16.6. The highest BCUT2D eigenvalue weighted by molar-refractivity contribution is 5.89. The number of hydrogen-bond acceptors (Lipinski definition) is 7. The van der Waals surface area contributed by atoms with Gasteiger partial charge in [0.2, 0.25) is 5.95 Å². The summed E-state index contributed by atoms with van der Waals surface area (Å²) in [6, 6.07) is 17.1. The molecule has 3 aromatic rings. The van der Waals surface area contributed by atoms with Crippen LogP contribution in [0, 0.1) is 0 Å². The van der Waals surface area contributed by atoms with Gasteiger partial charge in [0.15, 0.2) is 12.6 Å². The van der Waals surface area contributed by atoms with Crippen LogP contribution in [-0.4, -0.2) is 64.1 Å². The predicted octanol–water partition coefficient (Wildman–Crippen LogP) is 1.27. The minimum atomic E-state index is -2.18. The summed E-state index contributed by atoms with van der Waals surface area (Å²) in [5.41, 5.74) is -1.52. The number of carbonyl (C=O) groups is 2. The Morgan fingerprint density at radius 2 is 1.65 bits per heavy atom. The molecule has 2 atom stereocenters. The summed E-state index contributed by atoms with van der Waals surface area (Å²) in [6.07, 6.45) is 3.54. The normalized spacial score (nSPS) is 20.4. The lowest BCUT2D eigenvalue weighted by molar-refractivity contribution is -0.909. The van der Waals surface area contributed by atoms with E-state index in [0.717, 1.165) is 13.0 Å². The number of hydrogen-bond donors (Lipinski definition) is 1. The van der Waals surface area contributed by atoms with Crippen molar-refractivity contribution in [1.29, 1.82) is 0 Å². The van der Waals surface area contributed by atoms with Gasteiger partial charge < -0.3 is 14.3 Å². The number of esters is 1. The van der Waals surface area contributed by atoms with E-state index in [2.05, 4.69) is 20.3 Å². The summed E-state index contributed by atoms with van der Waals surface area (Å²) >= 11 is 0. The van der Waals surface area contributed by atoms with Crippen LogP contribution in [-0.2, 0) is 19.9 Å². The van der Waals surface area contributed by atoms with E-state index >= 15 is 0 Å². The third-order valence-electron chi connectivity index (χ3n) is 6.06. The number of piperidine rings is 1. The summed E-state index contributed by atoms with van der Waals surface area (Å²) in [5, 5.41) is 16.7. The summed E-state index contributed by atoms with van der Waals surface area (Å²) < 4.78 is 6.20. The Labute approximate surface area is 198 Å². The molecule has 2 heterocycles. The molecule has 0 saturated carbocycles. The van der Waals surface area contributed by atoms with Crippen molar-refractivity contribution in [3.63, 3.8) is 0 Å². The Bertz CT molecular complexity index is 1070. The van der Waals surface area contributed by atoms with Crippen LogP contribution in [0.15, 0.2) is 73.3 Å². The van der Waals surface area contributed by atoms with Crippen LogP contribution in [0.4, 0.5) is 5.95 Å². The number of ether oxygens (including phenoxy) is 1. The van der Waals surface area contributed by atoms with Gasteiger partial charge in [-0.25, -0.2) is 15.0 Å². The van der Waals surface area contributed by atoms with Gasteiger partial charge in [-0.3, -0.25) is 14.9 Å². The zero-order chi connectivity index (χ0) is 24.0. The lowest BCUT2D eigenvalue weighted by Gasteiger charge is -2.43. The van der Waals surface area contributed by atoms with Gasteiger partial charge >= 0.3 is 5.97 Å². The average molecular weight is 462 g/mol. The summed E-state index contributed by atoms with van der Waals surface area (Å²) in [4.78, 5) is 37.5. The first-order valence-electron chi connectivity index (χ1n) is 11.2. The van der Waals surface area contributed by atoms with Crippen LogP contribution in [0.25, 0.3) is 0 Å². The number of nitrogens with zero attached hydrogens (tertiary/aromatic N) is 4. The van der Waals surface area contributed by atoms with Crippen molar-refractivity contribution >= 4 is 17.8 Å². The number of rotatable bonds is 7. The zero-order valence-electron chi connectivity index (χ0n) is 19.0. The fraction of sp³-hybridized carbons (Fsp3) is 0.320. The Kier molecular flexibility index (Phi) is 6.95. The molecule has 1 aliphatic rings. The highest BCUT2D eigenvalue weighted by Crippen LogP contribution is 2.30. The molecule has 1 amide bonds. The predicted molar refractivity (Wildman–Crippen MR) is 122 cm³/mol. The second-order valence-electron chi connectivity index (χ2n) is 8.78. The molecule has 0 aliphatic carbocycles. The number of likely N-dealkylation sites (tertiary alicyclic amines) is 1. The van der Waals surface area contributed by atoms with Gasteiger partial charge in [-0.05, 0) is 17.5 Å². The number of likely N-dealkylation sites (N-methyl/N-ethyl adjacent to an activating group) is 1. The molecular weight excluding hydrogens is 434 g/mol. The number of benzene rings is 2. The third kappa shape index (κ3) is 5.27. The Morgan fingerprint density at radius 1 is 1.06 bits per heavy atom. The first-order chi connectivity index (χ1) is 16.4. The van der Waals surface area contributed by atoms with Crippen molar-refractivity contribution in [1.82, 2.24) is 15.0 Å². The van der Waals surface area contributed by atoms with Crippen molar-refractivity contribution in [2.45, 2.75) is 24.5 Å². The van der Waals surface area contributed by atoms with Gasteiger partial charge in [0.25, 0.3) is 5.91 Å². The van der Waals surface area contributed by atoms with Crippen LogP contribution in [0.2, 0.25) is 0 Å². The molecule has 2 aromatic carbocycles. The van der Waals surface area contributed by atoms with Crippen LogP contribution >= 0.6 is 0 Å². The van der Waals surface area contributed by atoms with E-state index < -0.39 is 17.7 Å². The van der Waals surface area contributed by atoms with E-state index in [0.29, 0.717) is 28.6 Å². The monoisotopic (exact) mass is 461 g/mol. The third-order valence-corrected chi connectivity index (χ3v) is 6.06. The van der Waals surface area contributed by atoms with E-state index in [1.807, 2.05) is 7.05 Å². The van der Waals surface area contributed by atoms with Crippen molar-refractivity contribution in [3.05, 3.63) is 84.4 Å². The quantitative estimate of drug-likeness (QED) is 0.416. The van der Waals surface area contributed by atoms with Gasteiger partial charge in [0.1, 0.15) is 19.2 Å². The lowest BCUT2D eigenvalue weighted by Crippen LogP contribution is -2.58. The van der Waals surface area contributed by atoms with E-state index in [1.54, 1.807) is 60.7 Å². The molecule has 1 fully saturated rings. The SMILES string of the molecule is C[N@@+]1(CC(=O)Nc2ncncn2)CCCC(OC(=O)C([O-])(c2ccccc2)c2ccccc2)C1. The molecule has 1 N–H and O–H groups in total. The molecule has 34 heavy (non-hydrogen) atoms. The summed E-state index contributed by atoms with van der Waals surface area (Å²) in [6.45, 7) is 1.34. The fourth-order valence-corrected chi connectivity index (χ4v) is 4.41. The lowest BCUT2D eigenvalue weighted by atomic mass is 9.86. The van der Waals surface area contributed by atoms with Crippen molar-refractivity contribution in [3.8, 4) is 0 Å². The minimum Gasteiger partial charge on any atom is -0.834 e. The maximum atomic E-state index is 14.1. The molecule has 4 rings (SSSR count). The number of quaternary nitrogens is 1. The van der Waals surface area contributed by atoms with E-state index in [-0.39, 0.29) is 18.4 Å². The Hall–Kier alpha value is -3.69. The smallest absolute Gasteiger partial charge is 0.304 e. The number of anilines is 1. The summed E-state index contributed by atoms with van der Waals surface area (Å²) in [7, 11) is 1.94. The van der Waals surface area contributed by atoms with Crippen LogP contribution in [0.3, 0.4) is 0 Å². The maximum absolute atomic E-state index is 14.1. The number of carbonyl (C=O) groups excluding carboxylic acids is 2. The first-order valence-corrected chi connectivity index (χ1v) is 11.2. The molecule has 1 aliphatic heterocycles. The number of amides is 1. The topological polar surface area (TPSA) is 117 Å².